The molecule has 2 aliphatic rings. The molecule has 25 heavy (non-hydrogen) atoms. The Morgan fingerprint density at radius 2 is 1.84 bits per heavy atom. The second-order valence-corrected chi connectivity index (χ2v) is 7.62. The van der Waals surface area contributed by atoms with Crippen LogP contribution in [-0.4, -0.2) is 53.9 Å². The zero-order valence-electron chi connectivity index (χ0n) is 14.5. The van der Waals surface area contributed by atoms with Crippen LogP contribution in [0.1, 0.15) is 36.0 Å². The number of nitrogens with zero attached hydrogens (tertiary/aromatic N) is 2. The Balaban J connectivity index is 1.71. The van der Waals surface area contributed by atoms with Crippen LogP contribution in [0, 0.1) is 0 Å². The highest BCUT2D eigenvalue weighted by atomic mass is 32.2. The molecule has 1 aromatic carbocycles. The molecular weight excluding hydrogens is 338 g/mol. The van der Waals surface area contributed by atoms with Crippen LogP contribution < -0.4 is 10.2 Å². The van der Waals surface area contributed by atoms with Crippen LogP contribution in [0.25, 0.3) is 0 Å². The number of carbonyl (C=O) groups is 3. The second-order valence-electron chi connectivity index (χ2n) is 6.69. The van der Waals surface area contributed by atoms with Crippen molar-refractivity contribution in [1.29, 1.82) is 0 Å². The van der Waals surface area contributed by atoms with Gasteiger partial charge in [-0.3, -0.25) is 19.3 Å². The molecule has 1 saturated carbocycles. The lowest BCUT2D eigenvalue weighted by atomic mass is 9.89. The molecule has 134 valence electrons. The van der Waals surface area contributed by atoms with Gasteiger partial charge in [0.05, 0.1) is 17.8 Å². The molecule has 2 fully saturated rings. The van der Waals surface area contributed by atoms with E-state index in [1.54, 1.807) is 12.1 Å². The van der Waals surface area contributed by atoms with E-state index in [0.717, 1.165) is 43.1 Å². The summed E-state index contributed by atoms with van der Waals surface area (Å²) in [5, 5.41) is 2.86. The SMILES string of the molecule is CN(C)c1ccc(C(=O)NC2CCCCC2N2C(=O)CSC2=O)cc1. The number of carbonyl (C=O) groups excluding carboxylic acids is 3. The fraction of sp³-hybridized carbons (Fsp3) is 0.500. The highest BCUT2D eigenvalue weighted by Gasteiger charge is 2.41. The van der Waals surface area contributed by atoms with Crippen LogP contribution in [0.4, 0.5) is 10.5 Å². The predicted molar refractivity (Wildman–Crippen MR) is 99.0 cm³/mol. The van der Waals surface area contributed by atoms with Crippen molar-refractivity contribution in [2.75, 3.05) is 24.7 Å². The predicted octanol–water partition coefficient (Wildman–Crippen LogP) is 2.49. The lowest BCUT2D eigenvalue weighted by Gasteiger charge is -2.36. The summed E-state index contributed by atoms with van der Waals surface area (Å²) in [6.07, 6.45) is 3.50. The molecule has 1 aliphatic carbocycles. The van der Waals surface area contributed by atoms with E-state index in [4.69, 9.17) is 0 Å². The molecule has 1 saturated heterocycles. The van der Waals surface area contributed by atoms with Gasteiger partial charge >= 0.3 is 0 Å². The van der Waals surface area contributed by atoms with E-state index in [1.807, 2.05) is 31.1 Å². The van der Waals surface area contributed by atoms with E-state index in [0.29, 0.717) is 5.56 Å². The molecule has 1 aromatic rings. The summed E-state index contributed by atoms with van der Waals surface area (Å²) in [6.45, 7) is 0. The Kier molecular flexibility index (Phi) is 5.32. The number of benzene rings is 1. The van der Waals surface area contributed by atoms with Crippen molar-refractivity contribution < 1.29 is 14.4 Å². The van der Waals surface area contributed by atoms with E-state index < -0.39 is 0 Å². The van der Waals surface area contributed by atoms with Crippen molar-refractivity contribution in [1.82, 2.24) is 10.2 Å². The molecule has 1 aliphatic heterocycles. The number of rotatable bonds is 4. The van der Waals surface area contributed by atoms with Gasteiger partial charge in [0.15, 0.2) is 0 Å². The third kappa shape index (κ3) is 3.81. The molecule has 0 spiro atoms. The molecule has 0 bridgehead atoms. The zero-order valence-corrected chi connectivity index (χ0v) is 15.3. The molecule has 3 amide bonds. The highest BCUT2D eigenvalue weighted by Crippen LogP contribution is 2.30. The first kappa shape index (κ1) is 17.8. The maximum atomic E-state index is 12.6. The van der Waals surface area contributed by atoms with E-state index in [2.05, 4.69) is 5.32 Å². The van der Waals surface area contributed by atoms with E-state index in [9.17, 15) is 14.4 Å². The molecular formula is C18H23N3O3S. The summed E-state index contributed by atoms with van der Waals surface area (Å²) in [7, 11) is 3.90. The van der Waals surface area contributed by atoms with Crippen LogP contribution in [0.3, 0.4) is 0 Å². The van der Waals surface area contributed by atoms with Crippen molar-refractivity contribution >= 4 is 34.5 Å². The van der Waals surface area contributed by atoms with Gasteiger partial charge in [0.1, 0.15) is 0 Å². The molecule has 3 rings (SSSR count). The second kappa shape index (κ2) is 7.47. The molecule has 1 heterocycles. The minimum absolute atomic E-state index is 0.142. The third-order valence-electron chi connectivity index (χ3n) is 4.81. The van der Waals surface area contributed by atoms with Gasteiger partial charge in [-0.2, -0.15) is 0 Å². The maximum absolute atomic E-state index is 12.6. The zero-order chi connectivity index (χ0) is 18.0. The summed E-state index contributed by atoms with van der Waals surface area (Å²) < 4.78 is 0. The Bertz CT molecular complexity index is 659. The highest BCUT2D eigenvalue weighted by molar-refractivity contribution is 8.14. The molecule has 0 radical (unpaired) electrons. The lowest BCUT2D eigenvalue weighted by molar-refractivity contribution is -0.127. The number of nitrogens with one attached hydrogen (secondary N) is 1. The van der Waals surface area contributed by atoms with E-state index in [1.165, 1.54) is 4.90 Å². The normalized spacial score (nSPS) is 23.7. The summed E-state index contributed by atoms with van der Waals surface area (Å²) in [6, 6.07) is 6.99. The van der Waals surface area contributed by atoms with Crippen molar-refractivity contribution in [3.8, 4) is 0 Å². The number of amides is 3. The van der Waals surface area contributed by atoms with Gasteiger partial charge in [0, 0.05) is 25.3 Å². The largest absolute Gasteiger partial charge is 0.378 e. The third-order valence-corrected chi connectivity index (χ3v) is 5.64. The average molecular weight is 361 g/mol. The van der Waals surface area contributed by atoms with Crippen LogP contribution >= 0.6 is 11.8 Å². The van der Waals surface area contributed by atoms with Gasteiger partial charge in [0.25, 0.3) is 11.1 Å². The number of hydrogen-bond acceptors (Lipinski definition) is 5. The number of thioether (sulfide) groups is 1. The number of hydrogen-bond donors (Lipinski definition) is 1. The monoisotopic (exact) mass is 361 g/mol. The fourth-order valence-electron chi connectivity index (χ4n) is 3.44. The smallest absolute Gasteiger partial charge is 0.289 e. The fourth-order valence-corrected chi connectivity index (χ4v) is 4.20. The first-order valence-electron chi connectivity index (χ1n) is 8.54. The quantitative estimate of drug-likeness (QED) is 0.892. The molecule has 0 aromatic heterocycles. The first-order valence-corrected chi connectivity index (χ1v) is 9.53. The van der Waals surface area contributed by atoms with Crippen LogP contribution in [0.15, 0.2) is 24.3 Å². The van der Waals surface area contributed by atoms with Crippen molar-refractivity contribution in [3.63, 3.8) is 0 Å². The van der Waals surface area contributed by atoms with Gasteiger partial charge in [0.2, 0.25) is 5.91 Å². The molecule has 2 unspecified atom stereocenters. The molecule has 1 N–H and O–H groups in total. The van der Waals surface area contributed by atoms with Gasteiger partial charge in [-0.05, 0) is 37.1 Å². The summed E-state index contributed by atoms with van der Waals surface area (Å²) in [4.78, 5) is 40.0. The maximum Gasteiger partial charge on any atom is 0.289 e. The van der Waals surface area contributed by atoms with Crippen molar-refractivity contribution in [3.05, 3.63) is 29.8 Å². The molecule has 7 heteroatoms. The Morgan fingerprint density at radius 1 is 1.16 bits per heavy atom. The van der Waals surface area contributed by atoms with Crippen molar-refractivity contribution in [2.45, 2.75) is 37.8 Å². The Labute approximate surface area is 151 Å². The lowest BCUT2D eigenvalue weighted by Crippen LogP contribution is -2.54. The Morgan fingerprint density at radius 3 is 2.44 bits per heavy atom. The summed E-state index contributed by atoms with van der Waals surface area (Å²) in [5.74, 6) is -0.0902. The topological polar surface area (TPSA) is 69.7 Å². The van der Waals surface area contributed by atoms with Gasteiger partial charge in [-0.25, -0.2) is 0 Å². The van der Waals surface area contributed by atoms with Gasteiger partial charge in [-0.15, -0.1) is 0 Å². The van der Waals surface area contributed by atoms with Crippen LogP contribution in [0.5, 0.6) is 0 Å². The van der Waals surface area contributed by atoms with Crippen LogP contribution in [-0.2, 0) is 4.79 Å². The average Bonchev–Trinajstić information content (AvgIpc) is 2.94. The molecule has 6 nitrogen and oxygen atoms in total. The van der Waals surface area contributed by atoms with Crippen molar-refractivity contribution in [2.24, 2.45) is 0 Å². The summed E-state index contributed by atoms with van der Waals surface area (Å²) >= 11 is 1.05. The van der Waals surface area contributed by atoms with E-state index >= 15 is 0 Å². The minimum Gasteiger partial charge on any atom is -0.378 e. The minimum atomic E-state index is -0.228. The van der Waals surface area contributed by atoms with Gasteiger partial charge < -0.3 is 10.2 Å². The number of anilines is 1. The van der Waals surface area contributed by atoms with Gasteiger partial charge in [-0.1, -0.05) is 24.6 Å². The first-order chi connectivity index (χ1) is 12.0. The van der Waals surface area contributed by atoms with Crippen LogP contribution in [0.2, 0.25) is 0 Å². The standard InChI is InChI=1S/C18H23N3O3S/c1-20(2)13-9-7-12(8-10-13)17(23)19-14-5-3-4-6-15(14)21-16(22)11-25-18(21)24/h7-10,14-15H,3-6,11H2,1-2H3,(H,19,23). The van der Waals surface area contributed by atoms with E-state index in [-0.39, 0.29) is 34.9 Å². The Hall–Kier alpha value is -2.02. The molecule has 2 atom stereocenters. The number of imide groups is 1. The summed E-state index contributed by atoms with van der Waals surface area (Å²) in [5.41, 5.74) is 1.61.